The molecule has 0 aliphatic rings. The first kappa shape index (κ1) is 12.3. The van der Waals surface area contributed by atoms with E-state index in [4.69, 9.17) is 20.1 Å². The Morgan fingerprint density at radius 1 is 1.61 bits per heavy atom. The van der Waals surface area contributed by atoms with Crippen LogP contribution in [0.15, 0.2) is 22.7 Å². The highest BCUT2D eigenvalue weighted by atomic mass is 16.6. The lowest BCUT2D eigenvalue weighted by Crippen LogP contribution is -2.31. The van der Waals surface area contributed by atoms with E-state index in [1.54, 1.807) is 0 Å². The number of hydrogen-bond acceptors (Lipinski definition) is 7. The van der Waals surface area contributed by atoms with Gasteiger partial charge in [0.15, 0.2) is 5.58 Å². The first-order valence-electron chi connectivity index (χ1n) is 5.15. The molecule has 0 radical (unpaired) electrons. The van der Waals surface area contributed by atoms with Crippen molar-refractivity contribution in [3.63, 3.8) is 0 Å². The lowest BCUT2D eigenvalue weighted by atomic mass is 10.2. The molecule has 8 nitrogen and oxygen atoms in total. The smallest absolute Gasteiger partial charge is 0.270 e. The number of aliphatic hydroxyl groups excluding tert-OH is 1. The van der Waals surface area contributed by atoms with Crippen molar-refractivity contribution in [3.8, 4) is 5.88 Å². The van der Waals surface area contributed by atoms with Crippen LogP contribution in [0.4, 0.5) is 5.69 Å². The molecule has 1 unspecified atom stereocenters. The Bertz CT molecular complexity index is 568. The minimum Gasteiger partial charge on any atom is -0.473 e. The van der Waals surface area contributed by atoms with Crippen molar-refractivity contribution in [2.45, 2.75) is 6.04 Å². The molecule has 0 saturated heterocycles. The maximum atomic E-state index is 10.7. The van der Waals surface area contributed by atoms with Crippen molar-refractivity contribution in [2.24, 2.45) is 5.73 Å². The number of nitrogens with two attached hydrogens (primary N) is 1. The molecule has 1 aromatic carbocycles. The van der Waals surface area contributed by atoms with Gasteiger partial charge in [-0.15, -0.1) is 0 Å². The largest absolute Gasteiger partial charge is 0.473 e. The molecule has 1 atom stereocenters. The molecule has 0 amide bonds. The Kier molecular flexibility index (Phi) is 3.40. The van der Waals surface area contributed by atoms with Crippen LogP contribution in [-0.4, -0.2) is 34.4 Å². The summed E-state index contributed by atoms with van der Waals surface area (Å²) in [7, 11) is 0. The molecule has 96 valence electrons. The van der Waals surface area contributed by atoms with Crippen molar-refractivity contribution >= 4 is 16.7 Å². The third-order valence-electron chi connectivity index (χ3n) is 2.30. The zero-order chi connectivity index (χ0) is 13.1. The van der Waals surface area contributed by atoms with Gasteiger partial charge in [-0.1, -0.05) is 0 Å². The van der Waals surface area contributed by atoms with E-state index in [0.717, 1.165) is 0 Å². The number of aromatic nitrogens is 1. The molecule has 18 heavy (non-hydrogen) atoms. The normalized spacial score (nSPS) is 12.6. The molecule has 8 heteroatoms. The molecule has 0 aliphatic heterocycles. The zero-order valence-electron chi connectivity index (χ0n) is 9.28. The molecule has 2 rings (SSSR count). The van der Waals surface area contributed by atoms with Crippen LogP contribution in [0.1, 0.15) is 0 Å². The van der Waals surface area contributed by atoms with Crippen molar-refractivity contribution in [2.75, 3.05) is 13.2 Å². The number of hydrogen-bond donors (Lipinski definition) is 2. The Labute approximate surface area is 101 Å². The van der Waals surface area contributed by atoms with Gasteiger partial charge in [-0.25, -0.2) is 0 Å². The van der Waals surface area contributed by atoms with Gasteiger partial charge in [0.25, 0.3) is 11.6 Å². The van der Waals surface area contributed by atoms with Gasteiger partial charge in [0.2, 0.25) is 0 Å². The fourth-order valence-electron chi connectivity index (χ4n) is 1.36. The summed E-state index contributed by atoms with van der Waals surface area (Å²) in [6, 6.07) is 3.53. The van der Waals surface area contributed by atoms with Crippen molar-refractivity contribution < 1.29 is 19.3 Å². The standard InChI is InChI=1S/C10H11N3O5/c11-6(4-14)5-17-10-8-3-7(13(15)16)1-2-9(8)18-12-10/h1-3,6,14H,4-5,11H2. The molecule has 1 heterocycles. The highest BCUT2D eigenvalue weighted by Crippen LogP contribution is 2.28. The van der Waals surface area contributed by atoms with Gasteiger partial charge in [0.1, 0.15) is 6.61 Å². The SMILES string of the molecule is NC(CO)COc1noc2ccc([N+](=O)[O-])cc12. The lowest BCUT2D eigenvalue weighted by molar-refractivity contribution is -0.384. The monoisotopic (exact) mass is 253 g/mol. The van der Waals surface area contributed by atoms with E-state index in [1.165, 1.54) is 18.2 Å². The summed E-state index contributed by atoms with van der Waals surface area (Å²) >= 11 is 0. The summed E-state index contributed by atoms with van der Waals surface area (Å²) in [5.41, 5.74) is 5.77. The average molecular weight is 253 g/mol. The molecule has 3 N–H and O–H groups in total. The van der Waals surface area contributed by atoms with E-state index in [0.29, 0.717) is 11.0 Å². The van der Waals surface area contributed by atoms with E-state index >= 15 is 0 Å². The summed E-state index contributed by atoms with van der Waals surface area (Å²) in [5, 5.41) is 23.4. The number of rotatable bonds is 5. The minimum absolute atomic E-state index is 0.0425. The molecule has 2 aromatic rings. The minimum atomic E-state index is -0.546. The van der Waals surface area contributed by atoms with E-state index in [-0.39, 0.29) is 24.8 Å². The Balaban J connectivity index is 2.28. The second-order valence-corrected chi connectivity index (χ2v) is 3.68. The number of nitro benzene ring substituents is 1. The molecule has 0 bridgehead atoms. The molecule has 1 aromatic heterocycles. The highest BCUT2D eigenvalue weighted by molar-refractivity contribution is 5.84. The third kappa shape index (κ3) is 2.39. The Morgan fingerprint density at radius 3 is 3.06 bits per heavy atom. The maximum absolute atomic E-state index is 10.7. The fraction of sp³-hybridized carbons (Fsp3) is 0.300. The highest BCUT2D eigenvalue weighted by Gasteiger charge is 2.15. The number of ether oxygens (including phenoxy) is 1. The van der Waals surface area contributed by atoms with Crippen LogP contribution >= 0.6 is 0 Å². The number of aliphatic hydroxyl groups is 1. The molecule has 0 spiro atoms. The number of fused-ring (bicyclic) bond motifs is 1. The van der Waals surface area contributed by atoms with Crippen LogP contribution in [0.3, 0.4) is 0 Å². The Morgan fingerprint density at radius 2 is 2.39 bits per heavy atom. The van der Waals surface area contributed by atoms with Crippen molar-refractivity contribution in [1.29, 1.82) is 0 Å². The first-order valence-corrected chi connectivity index (χ1v) is 5.15. The molecular weight excluding hydrogens is 242 g/mol. The number of nitrogens with zero attached hydrogens (tertiary/aromatic N) is 2. The van der Waals surface area contributed by atoms with E-state index < -0.39 is 11.0 Å². The molecule has 0 fully saturated rings. The summed E-state index contributed by atoms with van der Waals surface area (Å²) in [6.45, 7) is -0.184. The lowest BCUT2D eigenvalue weighted by Gasteiger charge is -2.07. The van der Waals surface area contributed by atoms with Crippen LogP contribution in [0.5, 0.6) is 5.88 Å². The Hall–Kier alpha value is -2.19. The summed E-state index contributed by atoms with van der Waals surface area (Å²) < 4.78 is 10.2. The van der Waals surface area contributed by atoms with E-state index in [2.05, 4.69) is 5.16 Å². The van der Waals surface area contributed by atoms with Gasteiger partial charge in [-0.3, -0.25) is 10.1 Å². The molecular formula is C10H11N3O5. The second kappa shape index (κ2) is 4.98. The summed E-state index contributed by atoms with van der Waals surface area (Å²) in [6.07, 6.45) is 0. The van der Waals surface area contributed by atoms with Crippen LogP contribution in [0.25, 0.3) is 11.0 Å². The van der Waals surface area contributed by atoms with Crippen LogP contribution < -0.4 is 10.5 Å². The van der Waals surface area contributed by atoms with Gasteiger partial charge < -0.3 is 20.1 Å². The number of non-ortho nitro benzene ring substituents is 1. The molecule has 0 saturated carbocycles. The van der Waals surface area contributed by atoms with E-state index in [1.807, 2.05) is 0 Å². The molecule has 0 aliphatic carbocycles. The van der Waals surface area contributed by atoms with E-state index in [9.17, 15) is 10.1 Å². The van der Waals surface area contributed by atoms with Gasteiger partial charge in [0.05, 0.1) is 23.0 Å². The number of nitro groups is 1. The summed E-state index contributed by atoms with van der Waals surface area (Å²) in [4.78, 5) is 10.1. The predicted molar refractivity (Wildman–Crippen MR) is 61.2 cm³/mol. The third-order valence-corrected chi connectivity index (χ3v) is 2.30. The zero-order valence-corrected chi connectivity index (χ0v) is 9.28. The van der Waals surface area contributed by atoms with Gasteiger partial charge in [0, 0.05) is 12.1 Å². The van der Waals surface area contributed by atoms with Crippen LogP contribution in [0, 0.1) is 10.1 Å². The topological polar surface area (TPSA) is 125 Å². The fourth-order valence-corrected chi connectivity index (χ4v) is 1.36. The first-order chi connectivity index (χ1) is 8.61. The van der Waals surface area contributed by atoms with Crippen molar-refractivity contribution in [3.05, 3.63) is 28.3 Å². The second-order valence-electron chi connectivity index (χ2n) is 3.68. The summed E-state index contributed by atoms with van der Waals surface area (Å²) in [5.74, 6) is 0.123. The van der Waals surface area contributed by atoms with Crippen LogP contribution in [-0.2, 0) is 0 Å². The average Bonchev–Trinajstić information content (AvgIpc) is 2.78. The maximum Gasteiger partial charge on any atom is 0.270 e. The van der Waals surface area contributed by atoms with Crippen molar-refractivity contribution in [1.82, 2.24) is 5.16 Å². The van der Waals surface area contributed by atoms with Crippen LogP contribution in [0.2, 0.25) is 0 Å². The van der Waals surface area contributed by atoms with Gasteiger partial charge in [-0.05, 0) is 11.2 Å². The van der Waals surface area contributed by atoms with Gasteiger partial charge in [-0.2, -0.15) is 0 Å². The van der Waals surface area contributed by atoms with Gasteiger partial charge >= 0.3 is 0 Å². The quantitative estimate of drug-likeness (QED) is 0.584. The number of benzene rings is 1. The predicted octanol–water partition coefficient (Wildman–Crippen LogP) is 0.434.